The van der Waals surface area contributed by atoms with E-state index < -0.39 is 0 Å². The molecule has 0 radical (unpaired) electrons. The van der Waals surface area contributed by atoms with Crippen molar-refractivity contribution in [1.82, 2.24) is 4.98 Å². The quantitative estimate of drug-likeness (QED) is 0.581. The van der Waals surface area contributed by atoms with Gasteiger partial charge in [0.1, 0.15) is 0 Å². The summed E-state index contributed by atoms with van der Waals surface area (Å²) < 4.78 is 4.67. The Bertz CT molecular complexity index is 338. The zero-order valence-corrected chi connectivity index (χ0v) is 11.5. The first-order chi connectivity index (χ1) is 7.65. The third-order valence-corrected chi connectivity index (χ3v) is 4.51. The molecule has 0 saturated heterocycles. The van der Waals surface area contributed by atoms with E-state index >= 15 is 0 Å². The van der Waals surface area contributed by atoms with E-state index in [2.05, 4.69) is 9.72 Å². The molecule has 0 saturated carbocycles. The lowest BCUT2D eigenvalue weighted by atomic mass is 10.2. The lowest BCUT2D eigenvalue weighted by Crippen LogP contribution is -2.15. The Hall–Kier alpha value is -0.550. The predicted molar refractivity (Wildman–Crippen MR) is 69.1 cm³/mol. The maximum Gasteiger partial charge on any atom is 0.309 e. The number of carbonyl (C=O) groups is 1. The van der Waals surface area contributed by atoms with Crippen molar-refractivity contribution in [2.75, 3.05) is 18.6 Å². The Morgan fingerprint density at radius 1 is 1.69 bits per heavy atom. The van der Waals surface area contributed by atoms with Gasteiger partial charge in [0.15, 0.2) is 0 Å². The minimum Gasteiger partial charge on any atom is -0.469 e. The van der Waals surface area contributed by atoms with Crippen LogP contribution >= 0.6 is 23.1 Å². The standard InChI is InChI=1S/C11H17NO2S2/c1-8(11(13)14-3)6-15-5-4-10-9(2)12-7-16-10/h7-8H,4-6H2,1-3H3. The van der Waals surface area contributed by atoms with E-state index in [0.29, 0.717) is 0 Å². The zero-order chi connectivity index (χ0) is 12.0. The van der Waals surface area contributed by atoms with Gasteiger partial charge < -0.3 is 4.74 Å². The molecule has 0 aliphatic carbocycles. The molecule has 0 aliphatic rings. The highest BCUT2D eigenvalue weighted by Crippen LogP contribution is 2.17. The van der Waals surface area contributed by atoms with E-state index in [1.54, 1.807) is 23.1 Å². The lowest BCUT2D eigenvalue weighted by Gasteiger charge is -2.07. The van der Waals surface area contributed by atoms with E-state index in [1.807, 2.05) is 19.4 Å². The van der Waals surface area contributed by atoms with E-state index in [1.165, 1.54) is 12.0 Å². The molecule has 0 spiro atoms. The number of thiazole rings is 1. The number of hydrogen-bond donors (Lipinski definition) is 0. The Morgan fingerprint density at radius 3 is 3.00 bits per heavy atom. The maximum atomic E-state index is 11.1. The third-order valence-electron chi connectivity index (χ3n) is 2.29. The molecule has 1 aromatic rings. The SMILES string of the molecule is COC(=O)C(C)CSCCc1scnc1C. The first-order valence-corrected chi connectivity index (χ1v) is 7.23. The van der Waals surface area contributed by atoms with Crippen molar-refractivity contribution in [2.24, 2.45) is 5.92 Å². The van der Waals surface area contributed by atoms with Crippen LogP contribution in [0.2, 0.25) is 0 Å². The molecular weight excluding hydrogens is 242 g/mol. The molecule has 1 aromatic heterocycles. The molecule has 0 amide bonds. The highest BCUT2D eigenvalue weighted by Gasteiger charge is 2.12. The molecule has 1 heterocycles. The summed E-state index contributed by atoms with van der Waals surface area (Å²) in [6, 6.07) is 0. The number of ether oxygens (including phenoxy) is 1. The molecule has 0 aromatic carbocycles. The molecule has 0 N–H and O–H groups in total. The van der Waals surface area contributed by atoms with Gasteiger partial charge in [0.2, 0.25) is 0 Å². The summed E-state index contributed by atoms with van der Waals surface area (Å²) in [5, 5.41) is 0. The van der Waals surface area contributed by atoms with Gasteiger partial charge in [-0.15, -0.1) is 11.3 Å². The summed E-state index contributed by atoms with van der Waals surface area (Å²) >= 11 is 3.49. The highest BCUT2D eigenvalue weighted by molar-refractivity contribution is 7.99. The maximum absolute atomic E-state index is 11.1. The summed E-state index contributed by atoms with van der Waals surface area (Å²) in [4.78, 5) is 16.7. The topological polar surface area (TPSA) is 39.2 Å². The van der Waals surface area contributed by atoms with Gasteiger partial charge in [0, 0.05) is 10.6 Å². The first-order valence-electron chi connectivity index (χ1n) is 5.19. The van der Waals surface area contributed by atoms with Crippen LogP contribution in [0.1, 0.15) is 17.5 Å². The van der Waals surface area contributed by atoms with Crippen molar-refractivity contribution >= 4 is 29.1 Å². The summed E-state index contributed by atoms with van der Waals surface area (Å²) in [6.45, 7) is 3.93. The number of aryl methyl sites for hydroxylation is 2. The van der Waals surface area contributed by atoms with Crippen LogP contribution in [0.5, 0.6) is 0 Å². The van der Waals surface area contributed by atoms with Crippen molar-refractivity contribution in [1.29, 1.82) is 0 Å². The molecule has 5 heteroatoms. The van der Waals surface area contributed by atoms with Gasteiger partial charge in [-0.2, -0.15) is 11.8 Å². The Labute approximate surface area is 105 Å². The van der Waals surface area contributed by atoms with Crippen LogP contribution in [0, 0.1) is 12.8 Å². The predicted octanol–water partition coefficient (Wildman–Crippen LogP) is 2.54. The number of aromatic nitrogens is 1. The number of methoxy groups -OCH3 is 1. The molecule has 3 nitrogen and oxygen atoms in total. The van der Waals surface area contributed by atoms with Gasteiger partial charge in [0.25, 0.3) is 0 Å². The fourth-order valence-corrected chi connectivity index (χ4v) is 3.18. The third kappa shape index (κ3) is 4.14. The zero-order valence-electron chi connectivity index (χ0n) is 9.86. The van der Waals surface area contributed by atoms with Gasteiger partial charge in [-0.3, -0.25) is 4.79 Å². The lowest BCUT2D eigenvalue weighted by molar-refractivity contribution is -0.143. The second kappa shape index (κ2) is 6.91. The van der Waals surface area contributed by atoms with Crippen LogP contribution < -0.4 is 0 Å². The number of nitrogens with zero attached hydrogens (tertiary/aromatic N) is 1. The molecular formula is C11H17NO2S2. The van der Waals surface area contributed by atoms with Crippen molar-refractivity contribution in [2.45, 2.75) is 20.3 Å². The molecule has 1 unspecified atom stereocenters. The summed E-state index contributed by atoms with van der Waals surface area (Å²) in [6.07, 6.45) is 1.04. The molecule has 16 heavy (non-hydrogen) atoms. The molecule has 90 valence electrons. The van der Waals surface area contributed by atoms with Gasteiger partial charge in [0.05, 0.1) is 24.2 Å². The van der Waals surface area contributed by atoms with Crippen LogP contribution in [0.4, 0.5) is 0 Å². The number of carbonyl (C=O) groups excluding carboxylic acids is 1. The normalized spacial score (nSPS) is 12.4. The van der Waals surface area contributed by atoms with Gasteiger partial charge in [-0.05, 0) is 19.1 Å². The van der Waals surface area contributed by atoms with Crippen molar-refractivity contribution in [3.05, 3.63) is 16.1 Å². The van der Waals surface area contributed by atoms with Gasteiger partial charge in [-0.1, -0.05) is 6.92 Å². The molecule has 1 atom stereocenters. The minimum atomic E-state index is -0.124. The van der Waals surface area contributed by atoms with Crippen LogP contribution in [-0.2, 0) is 16.0 Å². The highest BCUT2D eigenvalue weighted by atomic mass is 32.2. The molecule has 0 bridgehead atoms. The molecule has 0 fully saturated rings. The number of hydrogen-bond acceptors (Lipinski definition) is 5. The summed E-state index contributed by atoms with van der Waals surface area (Å²) in [5.74, 6) is 1.72. The monoisotopic (exact) mass is 259 g/mol. The van der Waals surface area contributed by atoms with Crippen molar-refractivity contribution in [3.8, 4) is 0 Å². The fourth-order valence-electron chi connectivity index (χ4n) is 1.26. The molecule has 0 aliphatic heterocycles. The van der Waals surface area contributed by atoms with Crippen LogP contribution in [-0.4, -0.2) is 29.6 Å². The van der Waals surface area contributed by atoms with Crippen LogP contribution in [0.3, 0.4) is 0 Å². The average molecular weight is 259 g/mol. The van der Waals surface area contributed by atoms with E-state index in [9.17, 15) is 4.79 Å². The van der Waals surface area contributed by atoms with Crippen LogP contribution in [0.25, 0.3) is 0 Å². The average Bonchev–Trinajstić information content (AvgIpc) is 2.69. The van der Waals surface area contributed by atoms with E-state index in [0.717, 1.165) is 23.6 Å². The second-order valence-corrected chi connectivity index (χ2v) is 5.70. The van der Waals surface area contributed by atoms with Crippen molar-refractivity contribution in [3.63, 3.8) is 0 Å². The van der Waals surface area contributed by atoms with Gasteiger partial charge >= 0.3 is 5.97 Å². The fraction of sp³-hybridized carbons (Fsp3) is 0.636. The largest absolute Gasteiger partial charge is 0.469 e. The summed E-state index contributed by atoms with van der Waals surface area (Å²) in [7, 11) is 1.43. The first kappa shape index (κ1) is 13.5. The summed E-state index contributed by atoms with van der Waals surface area (Å²) in [5.41, 5.74) is 3.01. The number of esters is 1. The van der Waals surface area contributed by atoms with E-state index in [-0.39, 0.29) is 11.9 Å². The number of thioether (sulfide) groups is 1. The Kier molecular flexibility index (Phi) is 5.84. The van der Waals surface area contributed by atoms with Crippen LogP contribution in [0.15, 0.2) is 5.51 Å². The minimum absolute atomic E-state index is 0.0162. The Morgan fingerprint density at radius 2 is 2.44 bits per heavy atom. The van der Waals surface area contributed by atoms with Gasteiger partial charge in [-0.25, -0.2) is 4.98 Å². The number of rotatable bonds is 6. The van der Waals surface area contributed by atoms with Crippen molar-refractivity contribution < 1.29 is 9.53 Å². The van der Waals surface area contributed by atoms with E-state index in [4.69, 9.17) is 0 Å². The Balaban J connectivity index is 2.17. The second-order valence-electron chi connectivity index (χ2n) is 3.61. The smallest absolute Gasteiger partial charge is 0.309 e. The molecule has 1 rings (SSSR count).